The van der Waals surface area contributed by atoms with Crippen LogP contribution in [0.5, 0.6) is 0 Å². The van der Waals surface area contributed by atoms with Gasteiger partial charge < -0.3 is 4.90 Å². The fourth-order valence-corrected chi connectivity index (χ4v) is 3.10. The molecule has 1 heterocycles. The average Bonchev–Trinajstić information content (AvgIpc) is 2.91. The zero-order chi connectivity index (χ0) is 12.3. The van der Waals surface area contributed by atoms with Crippen molar-refractivity contribution in [3.63, 3.8) is 0 Å². The molecular weight excluding hydrogens is 232 g/mol. The van der Waals surface area contributed by atoms with Crippen molar-refractivity contribution in [1.82, 2.24) is 0 Å². The van der Waals surface area contributed by atoms with Gasteiger partial charge in [0.2, 0.25) is 5.91 Å². The van der Waals surface area contributed by atoms with Crippen LogP contribution in [0.4, 0.5) is 5.69 Å². The quantitative estimate of drug-likeness (QED) is 0.804. The van der Waals surface area contributed by atoms with Gasteiger partial charge in [0.05, 0.1) is 11.6 Å². The molecule has 0 N–H and O–H groups in total. The molecule has 1 fully saturated rings. The van der Waals surface area contributed by atoms with Crippen LogP contribution < -0.4 is 4.90 Å². The van der Waals surface area contributed by atoms with E-state index in [0.29, 0.717) is 5.56 Å². The van der Waals surface area contributed by atoms with E-state index >= 15 is 0 Å². The maximum absolute atomic E-state index is 12.1. The smallest absolute Gasteiger partial charge is 0.230 e. The Morgan fingerprint density at radius 2 is 2.18 bits per heavy atom. The highest BCUT2D eigenvalue weighted by molar-refractivity contribution is 7.99. The molecule has 1 unspecified atom stereocenters. The first-order valence-corrected chi connectivity index (χ1v) is 6.73. The molecule has 1 saturated heterocycles. The number of hydrogen-bond donors (Lipinski definition) is 0. The Morgan fingerprint density at radius 1 is 1.47 bits per heavy atom. The summed E-state index contributed by atoms with van der Waals surface area (Å²) >= 11 is 1.84. The van der Waals surface area contributed by atoms with E-state index in [2.05, 4.69) is 6.07 Å². The van der Waals surface area contributed by atoms with Crippen LogP contribution in [-0.2, 0) is 4.79 Å². The van der Waals surface area contributed by atoms with Crippen LogP contribution in [0.2, 0.25) is 0 Å². The minimum Gasteiger partial charge on any atom is -0.315 e. The Bertz CT molecular complexity index is 443. The zero-order valence-corrected chi connectivity index (χ0v) is 10.5. The summed E-state index contributed by atoms with van der Waals surface area (Å²) in [6, 6.07) is 9.18. The number of hydrogen-bond acceptors (Lipinski definition) is 3. The third-order valence-corrected chi connectivity index (χ3v) is 4.16. The lowest BCUT2D eigenvalue weighted by molar-refractivity contribution is -0.121. The highest BCUT2D eigenvalue weighted by Gasteiger charge is 2.26. The van der Waals surface area contributed by atoms with Gasteiger partial charge in [0.25, 0.3) is 0 Å². The van der Waals surface area contributed by atoms with E-state index in [4.69, 9.17) is 5.26 Å². The van der Waals surface area contributed by atoms with Crippen LogP contribution in [0, 0.1) is 17.2 Å². The van der Waals surface area contributed by atoms with Gasteiger partial charge in [0.1, 0.15) is 0 Å². The summed E-state index contributed by atoms with van der Waals surface area (Å²) in [7, 11) is 1.80. The van der Waals surface area contributed by atoms with Crippen molar-refractivity contribution in [2.24, 2.45) is 5.92 Å². The topological polar surface area (TPSA) is 44.1 Å². The summed E-state index contributed by atoms with van der Waals surface area (Å²) in [6.45, 7) is 0. The van der Waals surface area contributed by atoms with E-state index in [1.54, 1.807) is 24.1 Å². The van der Waals surface area contributed by atoms with Crippen molar-refractivity contribution < 1.29 is 4.79 Å². The van der Waals surface area contributed by atoms with Crippen LogP contribution in [-0.4, -0.2) is 24.5 Å². The number of rotatable bonds is 2. The zero-order valence-electron chi connectivity index (χ0n) is 9.72. The highest BCUT2D eigenvalue weighted by Crippen LogP contribution is 2.26. The summed E-state index contributed by atoms with van der Waals surface area (Å²) in [5, 5.41) is 8.72. The van der Waals surface area contributed by atoms with E-state index < -0.39 is 0 Å². The molecule has 0 radical (unpaired) electrons. The van der Waals surface area contributed by atoms with Gasteiger partial charge in [-0.15, -0.1) is 0 Å². The molecule has 2 rings (SSSR count). The van der Waals surface area contributed by atoms with Crippen LogP contribution in [0.25, 0.3) is 0 Å². The Balaban J connectivity index is 2.10. The third-order valence-electron chi connectivity index (χ3n) is 2.99. The maximum Gasteiger partial charge on any atom is 0.230 e. The molecule has 88 valence electrons. The number of nitriles is 1. The molecule has 0 saturated carbocycles. The summed E-state index contributed by atoms with van der Waals surface area (Å²) in [6.07, 6.45) is 0.976. The third kappa shape index (κ3) is 2.62. The Labute approximate surface area is 105 Å². The SMILES string of the molecule is CN(C(=O)C1CCSC1)c1ccc(C#N)cc1. The molecule has 1 aliphatic rings. The Kier molecular flexibility index (Phi) is 3.70. The normalized spacial score (nSPS) is 18.7. The first-order chi connectivity index (χ1) is 8.22. The van der Waals surface area contributed by atoms with Gasteiger partial charge in [-0.25, -0.2) is 0 Å². The second kappa shape index (κ2) is 5.24. The predicted octanol–water partition coefficient (Wildman–Crippen LogP) is 2.27. The van der Waals surface area contributed by atoms with Crippen molar-refractivity contribution in [3.8, 4) is 6.07 Å². The molecule has 1 amide bonds. The molecule has 1 atom stereocenters. The summed E-state index contributed by atoms with van der Waals surface area (Å²) in [4.78, 5) is 13.8. The summed E-state index contributed by atoms with van der Waals surface area (Å²) in [5.41, 5.74) is 1.47. The number of anilines is 1. The van der Waals surface area contributed by atoms with Gasteiger partial charge in [-0.2, -0.15) is 17.0 Å². The minimum atomic E-state index is 0.153. The molecule has 1 aliphatic heterocycles. The first-order valence-electron chi connectivity index (χ1n) is 5.58. The van der Waals surface area contributed by atoms with Crippen LogP contribution in [0.15, 0.2) is 24.3 Å². The van der Waals surface area contributed by atoms with Crippen LogP contribution >= 0.6 is 11.8 Å². The van der Waals surface area contributed by atoms with Crippen molar-refractivity contribution in [1.29, 1.82) is 5.26 Å². The molecule has 4 heteroatoms. The monoisotopic (exact) mass is 246 g/mol. The van der Waals surface area contributed by atoms with Gasteiger partial charge in [-0.3, -0.25) is 4.79 Å². The van der Waals surface area contributed by atoms with Gasteiger partial charge >= 0.3 is 0 Å². The highest BCUT2D eigenvalue weighted by atomic mass is 32.2. The Hall–Kier alpha value is -1.47. The molecule has 0 spiro atoms. The standard InChI is InChI=1S/C13H14N2OS/c1-15(13(16)11-6-7-17-9-11)12-4-2-10(8-14)3-5-12/h2-5,11H,6-7,9H2,1H3. The van der Waals surface area contributed by atoms with Crippen molar-refractivity contribution in [3.05, 3.63) is 29.8 Å². The molecular formula is C13H14N2OS. The first kappa shape index (κ1) is 12.0. The van der Waals surface area contributed by atoms with E-state index in [9.17, 15) is 4.79 Å². The number of nitrogens with zero attached hydrogens (tertiary/aromatic N) is 2. The fraction of sp³-hybridized carbons (Fsp3) is 0.385. The minimum absolute atomic E-state index is 0.153. The van der Waals surface area contributed by atoms with Crippen LogP contribution in [0.3, 0.4) is 0 Å². The maximum atomic E-state index is 12.1. The number of thioether (sulfide) groups is 1. The van der Waals surface area contributed by atoms with Crippen molar-refractivity contribution in [2.75, 3.05) is 23.5 Å². The lowest BCUT2D eigenvalue weighted by Gasteiger charge is -2.20. The largest absolute Gasteiger partial charge is 0.315 e. The van der Waals surface area contributed by atoms with Gasteiger partial charge in [0.15, 0.2) is 0 Å². The van der Waals surface area contributed by atoms with Gasteiger partial charge in [0, 0.05) is 24.4 Å². The molecule has 0 aromatic heterocycles. The van der Waals surface area contributed by atoms with Gasteiger partial charge in [-0.1, -0.05) is 0 Å². The lowest BCUT2D eigenvalue weighted by Crippen LogP contribution is -2.32. The number of amides is 1. The molecule has 1 aromatic carbocycles. The Morgan fingerprint density at radius 3 is 2.71 bits per heavy atom. The molecule has 0 bridgehead atoms. The molecule has 1 aromatic rings. The second-order valence-electron chi connectivity index (χ2n) is 4.12. The second-order valence-corrected chi connectivity index (χ2v) is 5.27. The number of carbonyl (C=O) groups is 1. The number of benzene rings is 1. The molecule has 0 aliphatic carbocycles. The van der Waals surface area contributed by atoms with Crippen LogP contribution in [0.1, 0.15) is 12.0 Å². The van der Waals surface area contributed by atoms with Crippen molar-refractivity contribution >= 4 is 23.4 Å². The summed E-state index contributed by atoms with van der Waals surface area (Å²) in [5.74, 6) is 2.34. The molecule has 17 heavy (non-hydrogen) atoms. The summed E-state index contributed by atoms with van der Waals surface area (Å²) < 4.78 is 0. The van der Waals surface area contributed by atoms with E-state index in [0.717, 1.165) is 23.6 Å². The number of carbonyl (C=O) groups excluding carboxylic acids is 1. The van der Waals surface area contributed by atoms with Crippen molar-refractivity contribution in [2.45, 2.75) is 6.42 Å². The lowest BCUT2D eigenvalue weighted by atomic mass is 10.1. The van der Waals surface area contributed by atoms with Gasteiger partial charge in [-0.05, 0) is 36.4 Å². The fourth-order valence-electron chi connectivity index (χ4n) is 1.89. The predicted molar refractivity (Wildman–Crippen MR) is 70.0 cm³/mol. The molecule has 3 nitrogen and oxygen atoms in total. The van der Waals surface area contributed by atoms with E-state index in [1.807, 2.05) is 23.9 Å². The van der Waals surface area contributed by atoms with E-state index in [1.165, 1.54) is 0 Å². The average molecular weight is 246 g/mol. The van der Waals surface area contributed by atoms with E-state index in [-0.39, 0.29) is 11.8 Å².